The standard InChI is InChI=1S/C19H29NO/c1-18-9-7-13(21)11-12(18)3-4-14-15-5-6-17(20)19(15,2)10-8-16(14)18/h6,11-12,14-16,21H,3-5,7-10,20H2,1-2H3/t12?,14-,15-,16+,18-,19-/m0/s1. The van der Waals surface area contributed by atoms with E-state index in [1.54, 1.807) is 0 Å². The average Bonchev–Trinajstić information content (AvgIpc) is 2.76. The first-order valence-electron chi connectivity index (χ1n) is 8.81. The van der Waals surface area contributed by atoms with Gasteiger partial charge in [0.1, 0.15) is 0 Å². The summed E-state index contributed by atoms with van der Waals surface area (Å²) in [7, 11) is 0. The lowest BCUT2D eigenvalue weighted by molar-refractivity contribution is -0.0791. The highest BCUT2D eigenvalue weighted by atomic mass is 16.3. The first kappa shape index (κ1) is 13.7. The SMILES string of the molecule is C[C@]12CCC(O)=CC1CC[C@@H]1[C@H]2CC[C@]2(C)C(N)=CC[C@@H]12. The number of aliphatic hydroxyl groups excluding tert-OH is 1. The number of rotatable bonds is 0. The van der Waals surface area contributed by atoms with E-state index in [4.69, 9.17) is 5.73 Å². The van der Waals surface area contributed by atoms with Crippen LogP contribution in [0.4, 0.5) is 0 Å². The second kappa shape index (κ2) is 4.30. The summed E-state index contributed by atoms with van der Waals surface area (Å²) in [6, 6.07) is 0. The van der Waals surface area contributed by atoms with Gasteiger partial charge in [-0.05, 0) is 73.7 Å². The first-order valence-corrected chi connectivity index (χ1v) is 8.81. The Morgan fingerprint density at radius 1 is 1.14 bits per heavy atom. The van der Waals surface area contributed by atoms with Gasteiger partial charge in [0.25, 0.3) is 0 Å². The predicted octanol–water partition coefficient (Wildman–Crippen LogP) is 4.53. The van der Waals surface area contributed by atoms with E-state index in [2.05, 4.69) is 26.0 Å². The van der Waals surface area contributed by atoms with Crippen LogP contribution in [-0.2, 0) is 0 Å². The van der Waals surface area contributed by atoms with E-state index in [1.165, 1.54) is 44.2 Å². The molecule has 116 valence electrons. The Kier molecular flexibility index (Phi) is 2.81. The van der Waals surface area contributed by atoms with Gasteiger partial charge in [-0.25, -0.2) is 0 Å². The molecule has 0 bridgehead atoms. The number of hydrogen-bond acceptors (Lipinski definition) is 2. The number of aliphatic hydroxyl groups is 1. The van der Waals surface area contributed by atoms with E-state index >= 15 is 0 Å². The molecule has 0 amide bonds. The molecule has 3 N–H and O–H groups in total. The van der Waals surface area contributed by atoms with Crippen LogP contribution in [0.5, 0.6) is 0 Å². The van der Waals surface area contributed by atoms with Crippen molar-refractivity contribution >= 4 is 0 Å². The van der Waals surface area contributed by atoms with Crippen molar-refractivity contribution < 1.29 is 5.11 Å². The Labute approximate surface area is 128 Å². The minimum Gasteiger partial charge on any atom is -0.513 e. The summed E-state index contributed by atoms with van der Waals surface area (Å²) in [5.74, 6) is 3.69. The van der Waals surface area contributed by atoms with Crippen molar-refractivity contribution in [2.45, 2.75) is 58.8 Å². The molecule has 0 radical (unpaired) electrons. The summed E-state index contributed by atoms with van der Waals surface area (Å²) >= 11 is 0. The fraction of sp³-hybridized carbons (Fsp3) is 0.789. The van der Waals surface area contributed by atoms with E-state index in [0.717, 1.165) is 24.2 Å². The molecule has 0 aromatic heterocycles. The lowest BCUT2D eigenvalue weighted by atomic mass is 9.46. The van der Waals surface area contributed by atoms with Gasteiger partial charge in [-0.2, -0.15) is 0 Å². The van der Waals surface area contributed by atoms with Crippen LogP contribution in [0.15, 0.2) is 23.6 Å². The second-order valence-corrected chi connectivity index (χ2v) is 8.58. The molecule has 6 atom stereocenters. The molecular formula is C19H29NO. The molecule has 0 aromatic carbocycles. The van der Waals surface area contributed by atoms with Crippen LogP contribution in [0.25, 0.3) is 0 Å². The maximum atomic E-state index is 9.92. The van der Waals surface area contributed by atoms with E-state index in [-0.39, 0.29) is 5.41 Å². The second-order valence-electron chi connectivity index (χ2n) is 8.58. The molecule has 4 aliphatic carbocycles. The van der Waals surface area contributed by atoms with Crippen molar-refractivity contribution in [3.63, 3.8) is 0 Å². The molecule has 0 saturated heterocycles. The van der Waals surface area contributed by atoms with Crippen molar-refractivity contribution in [1.29, 1.82) is 0 Å². The number of nitrogens with two attached hydrogens (primary N) is 1. The minimum absolute atomic E-state index is 0.275. The molecular weight excluding hydrogens is 258 g/mol. The normalized spacial score (nSPS) is 52.3. The van der Waals surface area contributed by atoms with Crippen LogP contribution in [0.2, 0.25) is 0 Å². The van der Waals surface area contributed by atoms with Crippen LogP contribution in [0, 0.1) is 34.5 Å². The van der Waals surface area contributed by atoms with Crippen molar-refractivity contribution in [3.05, 3.63) is 23.6 Å². The van der Waals surface area contributed by atoms with Gasteiger partial charge in [-0.3, -0.25) is 0 Å². The lowest BCUT2D eigenvalue weighted by Gasteiger charge is -2.59. The minimum atomic E-state index is 0.275. The number of allylic oxidation sites excluding steroid dienone is 4. The first-order chi connectivity index (χ1) is 9.95. The molecule has 2 nitrogen and oxygen atoms in total. The highest BCUT2D eigenvalue weighted by molar-refractivity contribution is 5.24. The average molecular weight is 287 g/mol. The van der Waals surface area contributed by atoms with E-state index in [0.29, 0.717) is 17.1 Å². The maximum Gasteiger partial charge on any atom is 0.0886 e. The van der Waals surface area contributed by atoms with Crippen LogP contribution in [0.3, 0.4) is 0 Å². The monoisotopic (exact) mass is 287 g/mol. The topological polar surface area (TPSA) is 46.2 Å². The summed E-state index contributed by atoms with van der Waals surface area (Å²) < 4.78 is 0. The molecule has 1 unspecified atom stereocenters. The van der Waals surface area contributed by atoms with Gasteiger partial charge in [-0.15, -0.1) is 0 Å². The third kappa shape index (κ3) is 1.71. The third-order valence-electron chi connectivity index (χ3n) is 7.90. The smallest absolute Gasteiger partial charge is 0.0886 e. The Bertz CT molecular complexity index is 522. The van der Waals surface area contributed by atoms with E-state index in [1.807, 2.05) is 0 Å². The highest BCUT2D eigenvalue weighted by Crippen LogP contribution is 2.65. The van der Waals surface area contributed by atoms with Crippen LogP contribution < -0.4 is 5.73 Å². The molecule has 2 saturated carbocycles. The van der Waals surface area contributed by atoms with Gasteiger partial charge in [0.2, 0.25) is 0 Å². The molecule has 0 heterocycles. The maximum absolute atomic E-state index is 9.92. The highest BCUT2D eigenvalue weighted by Gasteiger charge is 2.57. The van der Waals surface area contributed by atoms with Crippen molar-refractivity contribution in [3.8, 4) is 0 Å². The summed E-state index contributed by atoms with van der Waals surface area (Å²) in [6.45, 7) is 4.92. The van der Waals surface area contributed by atoms with Crippen LogP contribution >= 0.6 is 0 Å². The largest absolute Gasteiger partial charge is 0.513 e. The molecule has 2 fully saturated rings. The summed E-state index contributed by atoms with van der Waals surface area (Å²) in [6.07, 6.45) is 12.9. The van der Waals surface area contributed by atoms with E-state index in [9.17, 15) is 5.11 Å². The molecule has 21 heavy (non-hydrogen) atoms. The third-order valence-corrected chi connectivity index (χ3v) is 7.90. The zero-order valence-electron chi connectivity index (χ0n) is 13.4. The molecule has 4 rings (SSSR count). The van der Waals surface area contributed by atoms with Gasteiger partial charge in [-0.1, -0.05) is 19.9 Å². The summed E-state index contributed by atoms with van der Waals surface area (Å²) in [4.78, 5) is 0. The molecule has 2 heteroatoms. The molecule has 0 aliphatic heterocycles. The van der Waals surface area contributed by atoms with Gasteiger partial charge in [0.05, 0.1) is 5.76 Å². The molecule has 0 aromatic rings. The van der Waals surface area contributed by atoms with Gasteiger partial charge < -0.3 is 10.8 Å². The van der Waals surface area contributed by atoms with E-state index < -0.39 is 0 Å². The van der Waals surface area contributed by atoms with Gasteiger partial charge in [0.15, 0.2) is 0 Å². The van der Waals surface area contributed by atoms with Gasteiger partial charge >= 0.3 is 0 Å². The summed E-state index contributed by atoms with van der Waals surface area (Å²) in [5, 5.41) is 9.92. The van der Waals surface area contributed by atoms with Crippen molar-refractivity contribution in [2.75, 3.05) is 0 Å². The lowest BCUT2D eigenvalue weighted by Crippen LogP contribution is -2.52. The Morgan fingerprint density at radius 3 is 2.76 bits per heavy atom. The van der Waals surface area contributed by atoms with Crippen LogP contribution in [-0.4, -0.2) is 5.11 Å². The fourth-order valence-electron chi connectivity index (χ4n) is 6.44. The Balaban J connectivity index is 1.66. The van der Waals surface area contributed by atoms with Crippen molar-refractivity contribution in [2.24, 2.45) is 40.2 Å². The van der Waals surface area contributed by atoms with Crippen molar-refractivity contribution in [1.82, 2.24) is 0 Å². The molecule has 0 spiro atoms. The zero-order valence-corrected chi connectivity index (χ0v) is 13.4. The molecule has 4 aliphatic rings. The quantitative estimate of drug-likeness (QED) is 0.687. The fourth-order valence-corrected chi connectivity index (χ4v) is 6.44. The Morgan fingerprint density at radius 2 is 1.95 bits per heavy atom. The Hall–Kier alpha value is -0.920. The van der Waals surface area contributed by atoms with Gasteiger partial charge in [0, 0.05) is 17.5 Å². The zero-order chi connectivity index (χ0) is 14.8. The number of hydrogen-bond donors (Lipinski definition) is 2. The summed E-state index contributed by atoms with van der Waals surface area (Å²) in [5.41, 5.74) is 8.20. The van der Waals surface area contributed by atoms with Crippen LogP contribution in [0.1, 0.15) is 58.8 Å². The predicted molar refractivity (Wildman–Crippen MR) is 85.5 cm³/mol. The number of fused-ring (bicyclic) bond motifs is 5.